The molecule has 0 aliphatic heterocycles. The van der Waals surface area contributed by atoms with Gasteiger partial charge in [0.15, 0.2) is 5.16 Å². The molecule has 0 saturated heterocycles. The number of nitrogens with one attached hydrogen (secondary N) is 1. The molecule has 3 nitrogen and oxygen atoms in total. The molecule has 94 valence electrons. The third kappa shape index (κ3) is 2.53. The third-order valence-corrected chi connectivity index (χ3v) is 3.72. The molecule has 3 aromatic rings. The van der Waals surface area contributed by atoms with E-state index in [1.165, 1.54) is 17.3 Å². The maximum atomic E-state index is 11.9. The second kappa shape index (κ2) is 4.90. The van der Waals surface area contributed by atoms with Crippen LogP contribution in [-0.2, 0) is 0 Å². The first kappa shape index (κ1) is 12.0. The van der Waals surface area contributed by atoms with Crippen LogP contribution in [0.4, 0.5) is 0 Å². The Morgan fingerprint density at radius 3 is 2.58 bits per heavy atom. The summed E-state index contributed by atoms with van der Waals surface area (Å²) in [6.07, 6.45) is 0. The van der Waals surface area contributed by atoms with E-state index in [9.17, 15) is 4.79 Å². The van der Waals surface area contributed by atoms with Crippen LogP contribution in [0.25, 0.3) is 10.9 Å². The molecular formula is C15H12N2OS. The van der Waals surface area contributed by atoms with Crippen molar-refractivity contribution in [3.05, 3.63) is 64.4 Å². The number of hydrogen-bond acceptors (Lipinski definition) is 3. The van der Waals surface area contributed by atoms with Gasteiger partial charge in [-0.25, -0.2) is 4.98 Å². The lowest BCUT2D eigenvalue weighted by Gasteiger charge is -2.03. The lowest BCUT2D eigenvalue weighted by Crippen LogP contribution is -2.08. The number of rotatable bonds is 2. The van der Waals surface area contributed by atoms with Crippen LogP contribution in [0.1, 0.15) is 5.56 Å². The van der Waals surface area contributed by atoms with E-state index < -0.39 is 0 Å². The number of nitrogens with zero attached hydrogens (tertiary/aromatic N) is 1. The molecule has 3 rings (SSSR count). The monoisotopic (exact) mass is 268 g/mol. The maximum Gasteiger partial charge on any atom is 0.259 e. The number of fused-ring (bicyclic) bond motifs is 1. The van der Waals surface area contributed by atoms with Crippen LogP contribution >= 0.6 is 11.8 Å². The number of aryl methyl sites for hydroxylation is 1. The molecule has 0 radical (unpaired) electrons. The molecule has 1 heterocycles. The number of H-pyrrole nitrogens is 1. The van der Waals surface area contributed by atoms with Gasteiger partial charge in [0, 0.05) is 4.90 Å². The normalized spacial score (nSPS) is 10.8. The van der Waals surface area contributed by atoms with Crippen molar-refractivity contribution < 1.29 is 0 Å². The minimum atomic E-state index is -0.0970. The van der Waals surface area contributed by atoms with Crippen LogP contribution in [0.3, 0.4) is 0 Å². The van der Waals surface area contributed by atoms with Crippen molar-refractivity contribution in [1.82, 2.24) is 9.97 Å². The van der Waals surface area contributed by atoms with Gasteiger partial charge in [-0.2, -0.15) is 0 Å². The zero-order chi connectivity index (χ0) is 13.2. The van der Waals surface area contributed by atoms with Gasteiger partial charge in [-0.05, 0) is 31.2 Å². The molecule has 1 N–H and O–H groups in total. The maximum absolute atomic E-state index is 11.9. The van der Waals surface area contributed by atoms with Gasteiger partial charge < -0.3 is 4.98 Å². The Morgan fingerprint density at radius 1 is 1.05 bits per heavy atom. The largest absolute Gasteiger partial charge is 0.301 e. The predicted molar refractivity (Wildman–Crippen MR) is 77.7 cm³/mol. The molecule has 0 bridgehead atoms. The van der Waals surface area contributed by atoms with Crippen molar-refractivity contribution >= 4 is 22.7 Å². The zero-order valence-electron chi connectivity index (χ0n) is 10.4. The van der Waals surface area contributed by atoms with E-state index in [0.717, 1.165) is 10.4 Å². The summed E-state index contributed by atoms with van der Waals surface area (Å²) in [7, 11) is 0. The van der Waals surface area contributed by atoms with Crippen molar-refractivity contribution in [2.45, 2.75) is 17.0 Å². The Bertz CT molecular complexity index is 778. The van der Waals surface area contributed by atoms with Gasteiger partial charge in [-0.3, -0.25) is 4.79 Å². The molecule has 2 aromatic carbocycles. The quantitative estimate of drug-likeness (QED) is 0.725. The first-order valence-electron chi connectivity index (χ1n) is 5.96. The fourth-order valence-electron chi connectivity index (χ4n) is 1.83. The molecule has 0 aliphatic carbocycles. The number of hydrogen-bond donors (Lipinski definition) is 1. The molecule has 0 atom stereocenters. The molecule has 0 saturated carbocycles. The van der Waals surface area contributed by atoms with E-state index in [4.69, 9.17) is 0 Å². The van der Waals surface area contributed by atoms with Crippen LogP contribution in [0.5, 0.6) is 0 Å². The molecule has 0 fully saturated rings. The highest BCUT2D eigenvalue weighted by Gasteiger charge is 2.04. The van der Waals surface area contributed by atoms with Gasteiger partial charge in [0.25, 0.3) is 5.56 Å². The third-order valence-electron chi connectivity index (χ3n) is 2.83. The number of aromatic nitrogens is 2. The fourth-order valence-corrected chi connectivity index (χ4v) is 2.61. The van der Waals surface area contributed by atoms with E-state index in [-0.39, 0.29) is 5.56 Å². The first-order valence-corrected chi connectivity index (χ1v) is 6.77. The molecule has 0 amide bonds. The highest BCUT2D eigenvalue weighted by Crippen LogP contribution is 2.24. The summed E-state index contributed by atoms with van der Waals surface area (Å²) in [5.74, 6) is 0. The molecule has 0 unspecified atom stereocenters. The van der Waals surface area contributed by atoms with E-state index in [1.807, 2.05) is 49.4 Å². The van der Waals surface area contributed by atoms with Gasteiger partial charge in [0.1, 0.15) is 0 Å². The summed E-state index contributed by atoms with van der Waals surface area (Å²) in [6, 6.07) is 15.5. The van der Waals surface area contributed by atoms with Crippen molar-refractivity contribution in [3.63, 3.8) is 0 Å². The predicted octanol–water partition coefficient (Wildman–Crippen LogP) is 3.38. The Hall–Kier alpha value is -2.07. The lowest BCUT2D eigenvalue weighted by atomic mass is 10.2. The van der Waals surface area contributed by atoms with Gasteiger partial charge in [-0.1, -0.05) is 41.6 Å². The molecular weight excluding hydrogens is 256 g/mol. The molecule has 19 heavy (non-hydrogen) atoms. The van der Waals surface area contributed by atoms with Crippen molar-refractivity contribution in [2.75, 3.05) is 0 Å². The van der Waals surface area contributed by atoms with Gasteiger partial charge in [0.05, 0.1) is 10.9 Å². The lowest BCUT2D eigenvalue weighted by molar-refractivity contribution is 0.974. The smallest absolute Gasteiger partial charge is 0.259 e. The summed E-state index contributed by atoms with van der Waals surface area (Å²) < 4.78 is 0. The fraction of sp³-hybridized carbons (Fsp3) is 0.0667. The Labute approximate surface area is 114 Å². The van der Waals surface area contributed by atoms with Crippen LogP contribution in [0, 0.1) is 6.92 Å². The number of para-hydroxylation sites is 1. The van der Waals surface area contributed by atoms with E-state index in [1.54, 1.807) is 6.07 Å². The Kier molecular flexibility index (Phi) is 3.09. The van der Waals surface area contributed by atoms with Gasteiger partial charge >= 0.3 is 0 Å². The Morgan fingerprint density at radius 2 is 1.79 bits per heavy atom. The molecule has 1 aromatic heterocycles. The summed E-state index contributed by atoms with van der Waals surface area (Å²) >= 11 is 1.46. The van der Waals surface area contributed by atoms with Gasteiger partial charge in [-0.15, -0.1) is 0 Å². The number of benzene rings is 2. The standard InChI is InChI=1S/C15H12N2OS/c1-10-6-8-11(9-7-10)19-15-16-13-5-3-2-4-12(13)14(18)17-15/h2-9H,1H3,(H,16,17,18). The average Bonchev–Trinajstić information content (AvgIpc) is 2.42. The highest BCUT2D eigenvalue weighted by molar-refractivity contribution is 7.99. The van der Waals surface area contributed by atoms with Crippen LogP contribution < -0.4 is 5.56 Å². The molecule has 0 spiro atoms. The number of aromatic amines is 1. The summed E-state index contributed by atoms with van der Waals surface area (Å²) in [5, 5.41) is 1.24. The van der Waals surface area contributed by atoms with Crippen LogP contribution in [-0.4, -0.2) is 9.97 Å². The van der Waals surface area contributed by atoms with E-state index >= 15 is 0 Å². The van der Waals surface area contributed by atoms with Crippen molar-refractivity contribution in [3.8, 4) is 0 Å². The summed E-state index contributed by atoms with van der Waals surface area (Å²) in [5.41, 5.74) is 1.84. The second-order valence-corrected chi connectivity index (χ2v) is 5.37. The minimum Gasteiger partial charge on any atom is -0.301 e. The summed E-state index contributed by atoms with van der Waals surface area (Å²) in [6.45, 7) is 2.05. The average molecular weight is 268 g/mol. The second-order valence-electron chi connectivity index (χ2n) is 4.30. The zero-order valence-corrected chi connectivity index (χ0v) is 11.2. The first-order chi connectivity index (χ1) is 9.22. The van der Waals surface area contributed by atoms with Crippen LogP contribution in [0.2, 0.25) is 0 Å². The topological polar surface area (TPSA) is 45.8 Å². The Balaban J connectivity index is 2.01. The molecule has 0 aliphatic rings. The van der Waals surface area contributed by atoms with E-state index in [2.05, 4.69) is 9.97 Å². The van der Waals surface area contributed by atoms with Crippen LogP contribution in [0.15, 0.2) is 63.4 Å². The van der Waals surface area contributed by atoms with Crippen molar-refractivity contribution in [1.29, 1.82) is 0 Å². The summed E-state index contributed by atoms with van der Waals surface area (Å²) in [4.78, 5) is 20.3. The molecule has 4 heteroatoms. The highest BCUT2D eigenvalue weighted by atomic mass is 32.2. The van der Waals surface area contributed by atoms with E-state index in [0.29, 0.717) is 10.5 Å². The van der Waals surface area contributed by atoms with Gasteiger partial charge in [0.2, 0.25) is 0 Å². The minimum absolute atomic E-state index is 0.0970. The SMILES string of the molecule is Cc1ccc(Sc2nc3ccccc3c(=O)[nH]2)cc1. The van der Waals surface area contributed by atoms with Crippen molar-refractivity contribution in [2.24, 2.45) is 0 Å².